The Morgan fingerprint density at radius 2 is 1.87 bits per heavy atom. The Kier molecular flexibility index (Phi) is 7.70. The van der Waals surface area contributed by atoms with Gasteiger partial charge in [-0.3, -0.25) is 4.98 Å². The number of ether oxygens (including phenoxy) is 1. The van der Waals surface area contributed by atoms with Crippen LogP contribution < -0.4 is 0 Å². The minimum Gasteiger partial charge on any atom is -0.458 e. The molecule has 1 aliphatic carbocycles. The van der Waals surface area contributed by atoms with Crippen molar-refractivity contribution in [3.05, 3.63) is 89.2 Å². The van der Waals surface area contributed by atoms with Crippen LogP contribution >= 0.6 is 11.3 Å². The summed E-state index contributed by atoms with van der Waals surface area (Å²) in [5, 5.41) is 3.03. The minimum absolute atomic E-state index is 0.0398. The van der Waals surface area contributed by atoms with Gasteiger partial charge in [-0.25, -0.2) is 9.78 Å². The number of carbonyl (C=O) groups excluding carboxylic acids is 1. The fourth-order valence-corrected chi connectivity index (χ4v) is 5.64. The lowest BCUT2D eigenvalue weighted by atomic mass is 9.89. The first-order chi connectivity index (χ1) is 18.4. The van der Waals surface area contributed by atoms with Gasteiger partial charge in [0.05, 0.1) is 23.2 Å². The lowest BCUT2D eigenvalue weighted by Gasteiger charge is -2.25. The van der Waals surface area contributed by atoms with E-state index < -0.39 is 0 Å². The van der Waals surface area contributed by atoms with Gasteiger partial charge < -0.3 is 9.72 Å². The number of nitrogens with one attached hydrogen (secondary N) is 1. The van der Waals surface area contributed by atoms with E-state index in [9.17, 15) is 4.79 Å². The number of hydrogen-bond acceptors (Lipinski definition) is 5. The van der Waals surface area contributed by atoms with Crippen LogP contribution in [0.25, 0.3) is 38.9 Å². The zero-order valence-corrected chi connectivity index (χ0v) is 23.0. The summed E-state index contributed by atoms with van der Waals surface area (Å²) in [7, 11) is 0. The summed E-state index contributed by atoms with van der Waals surface area (Å²) in [6.45, 7) is 10.2. The summed E-state index contributed by atoms with van der Waals surface area (Å²) in [6.07, 6.45) is 13.8. The Balaban J connectivity index is 1.37. The summed E-state index contributed by atoms with van der Waals surface area (Å²) < 4.78 is 5.80. The van der Waals surface area contributed by atoms with E-state index in [0.29, 0.717) is 4.88 Å². The monoisotopic (exact) mass is 523 g/mol. The topological polar surface area (TPSA) is 67.9 Å². The Morgan fingerprint density at radius 1 is 1.08 bits per heavy atom. The molecule has 1 fully saturated rings. The van der Waals surface area contributed by atoms with Crippen molar-refractivity contribution in [1.29, 1.82) is 0 Å². The number of esters is 1. The van der Waals surface area contributed by atoms with E-state index in [1.807, 2.05) is 48.9 Å². The van der Waals surface area contributed by atoms with Crippen LogP contribution in [0.3, 0.4) is 0 Å². The molecule has 5 rings (SSSR count). The van der Waals surface area contributed by atoms with E-state index in [4.69, 9.17) is 4.74 Å². The van der Waals surface area contributed by atoms with Crippen molar-refractivity contribution in [2.75, 3.05) is 0 Å². The summed E-state index contributed by atoms with van der Waals surface area (Å²) in [4.78, 5) is 25.9. The minimum atomic E-state index is -0.217. The molecule has 194 valence electrons. The number of aromatic amines is 1. The maximum absolute atomic E-state index is 12.8. The molecule has 0 bridgehead atoms. The number of pyridine rings is 1. The van der Waals surface area contributed by atoms with Crippen LogP contribution in [0.5, 0.6) is 0 Å². The van der Waals surface area contributed by atoms with E-state index >= 15 is 0 Å². The van der Waals surface area contributed by atoms with Crippen LogP contribution in [-0.2, 0) is 4.74 Å². The molecule has 0 aliphatic heterocycles. The van der Waals surface area contributed by atoms with Gasteiger partial charge in [-0.1, -0.05) is 43.4 Å². The van der Waals surface area contributed by atoms with Gasteiger partial charge in [-0.15, -0.1) is 11.3 Å². The van der Waals surface area contributed by atoms with Crippen molar-refractivity contribution < 1.29 is 9.53 Å². The van der Waals surface area contributed by atoms with Crippen LogP contribution in [0.2, 0.25) is 0 Å². The molecule has 0 amide bonds. The number of allylic oxidation sites excluding steroid dienone is 5. The SMILES string of the molecule is C=C(C)/C=C\C=C(/C)c1nc[nH]c1-c1ccc2ncc(-c3csc(C(=O)OC4CCC(C)CC4)c3)cc2c1. The largest absolute Gasteiger partial charge is 0.458 e. The average Bonchev–Trinajstić information content (AvgIpc) is 3.60. The summed E-state index contributed by atoms with van der Waals surface area (Å²) in [6, 6.07) is 10.3. The Labute approximate surface area is 228 Å². The number of benzene rings is 1. The molecule has 0 atom stereocenters. The quantitative estimate of drug-likeness (QED) is 0.194. The molecule has 0 spiro atoms. The molecule has 6 heteroatoms. The number of thiophene rings is 1. The van der Waals surface area contributed by atoms with Gasteiger partial charge in [0.15, 0.2) is 0 Å². The van der Waals surface area contributed by atoms with Crippen LogP contribution in [0.4, 0.5) is 0 Å². The highest BCUT2D eigenvalue weighted by molar-refractivity contribution is 7.12. The smallest absolute Gasteiger partial charge is 0.348 e. The average molecular weight is 524 g/mol. The standard InChI is InChI=1S/C32H33N3O2S/c1-20(2)6-5-7-22(4)30-31(35-19-34-30)23-10-13-28-24(14-23)15-25(17-33-28)26-16-29(38-18-26)32(36)37-27-11-8-21(3)9-12-27/h5-7,10,13-19,21,27H,1,8-9,11-12H2,2-4H3,(H,34,35)/b6-5-,22-7+. The molecule has 38 heavy (non-hydrogen) atoms. The van der Waals surface area contributed by atoms with Gasteiger partial charge in [0, 0.05) is 22.7 Å². The van der Waals surface area contributed by atoms with E-state index in [-0.39, 0.29) is 12.1 Å². The van der Waals surface area contributed by atoms with Crippen LogP contribution in [0.15, 0.2) is 78.6 Å². The number of imidazole rings is 1. The molecule has 0 unspecified atom stereocenters. The highest BCUT2D eigenvalue weighted by Crippen LogP contribution is 2.32. The number of rotatable bonds is 7. The van der Waals surface area contributed by atoms with Gasteiger partial charge in [-0.05, 0) is 86.2 Å². The fourth-order valence-electron chi connectivity index (χ4n) is 4.85. The van der Waals surface area contributed by atoms with E-state index in [1.54, 1.807) is 6.33 Å². The number of H-pyrrole nitrogens is 1. The van der Waals surface area contributed by atoms with Crippen molar-refractivity contribution >= 4 is 33.8 Å². The van der Waals surface area contributed by atoms with Gasteiger partial charge in [0.2, 0.25) is 0 Å². The molecule has 1 N–H and O–H groups in total. The van der Waals surface area contributed by atoms with E-state index in [1.165, 1.54) is 11.3 Å². The number of nitrogens with zero attached hydrogens (tertiary/aromatic N) is 2. The summed E-state index contributed by atoms with van der Waals surface area (Å²) >= 11 is 1.43. The second-order valence-corrected chi connectivity index (χ2v) is 11.2. The fraction of sp³-hybridized carbons (Fsp3) is 0.281. The van der Waals surface area contributed by atoms with Crippen molar-refractivity contribution in [1.82, 2.24) is 15.0 Å². The molecule has 0 saturated heterocycles. The maximum atomic E-state index is 12.8. The molecule has 1 aromatic carbocycles. The number of carbonyl (C=O) groups is 1. The second-order valence-electron chi connectivity index (χ2n) is 10.3. The second kappa shape index (κ2) is 11.3. The third-order valence-corrected chi connectivity index (χ3v) is 7.99. The predicted molar refractivity (Wildman–Crippen MR) is 157 cm³/mol. The van der Waals surface area contributed by atoms with Crippen molar-refractivity contribution in [3.8, 4) is 22.4 Å². The first kappa shape index (κ1) is 25.9. The third kappa shape index (κ3) is 5.86. The molecule has 4 aromatic rings. The first-order valence-electron chi connectivity index (χ1n) is 13.1. The predicted octanol–water partition coefficient (Wildman–Crippen LogP) is 8.62. The van der Waals surface area contributed by atoms with E-state index in [2.05, 4.69) is 53.6 Å². The van der Waals surface area contributed by atoms with Crippen molar-refractivity contribution in [2.24, 2.45) is 5.92 Å². The van der Waals surface area contributed by atoms with Gasteiger partial charge in [0.25, 0.3) is 0 Å². The number of fused-ring (bicyclic) bond motifs is 1. The van der Waals surface area contributed by atoms with Crippen molar-refractivity contribution in [2.45, 2.75) is 52.6 Å². The van der Waals surface area contributed by atoms with Crippen molar-refractivity contribution in [3.63, 3.8) is 0 Å². The van der Waals surface area contributed by atoms with E-state index in [0.717, 1.165) is 81.7 Å². The van der Waals surface area contributed by atoms with Gasteiger partial charge >= 0.3 is 5.97 Å². The number of hydrogen-bond donors (Lipinski definition) is 1. The lowest BCUT2D eigenvalue weighted by Crippen LogP contribution is -2.23. The molecule has 0 radical (unpaired) electrons. The molecule has 3 aromatic heterocycles. The molecular formula is C32H33N3O2S. The highest BCUT2D eigenvalue weighted by Gasteiger charge is 2.23. The molecular weight excluding hydrogens is 490 g/mol. The normalized spacial score (nSPS) is 18.2. The maximum Gasteiger partial charge on any atom is 0.348 e. The zero-order chi connectivity index (χ0) is 26.6. The Morgan fingerprint density at radius 3 is 2.66 bits per heavy atom. The Bertz CT molecular complexity index is 1530. The molecule has 3 heterocycles. The zero-order valence-electron chi connectivity index (χ0n) is 22.2. The van der Waals surface area contributed by atoms with Gasteiger partial charge in [-0.2, -0.15) is 0 Å². The number of aromatic nitrogens is 3. The molecule has 5 nitrogen and oxygen atoms in total. The summed E-state index contributed by atoms with van der Waals surface area (Å²) in [5.41, 5.74) is 7.84. The highest BCUT2D eigenvalue weighted by atomic mass is 32.1. The summed E-state index contributed by atoms with van der Waals surface area (Å²) in [5.74, 6) is 0.508. The first-order valence-corrected chi connectivity index (χ1v) is 14.0. The van der Waals surface area contributed by atoms with Crippen LogP contribution in [0, 0.1) is 5.92 Å². The van der Waals surface area contributed by atoms with Gasteiger partial charge in [0.1, 0.15) is 11.0 Å². The molecule has 1 aliphatic rings. The lowest BCUT2D eigenvalue weighted by molar-refractivity contribution is 0.0179. The van der Waals surface area contributed by atoms with Crippen LogP contribution in [0.1, 0.15) is 61.8 Å². The molecule has 1 saturated carbocycles. The Hall–Kier alpha value is -3.77. The van der Waals surface area contributed by atoms with Crippen LogP contribution in [-0.4, -0.2) is 27.0 Å². The third-order valence-electron chi connectivity index (χ3n) is 7.08.